The maximum atomic E-state index is 13.1. The van der Waals surface area contributed by atoms with Crippen molar-refractivity contribution < 1.29 is 9.50 Å². The first kappa shape index (κ1) is 13.7. The molecule has 2 nitrogen and oxygen atoms in total. The van der Waals surface area contributed by atoms with Gasteiger partial charge in [0.05, 0.1) is 21.3 Å². The first-order valence-corrected chi connectivity index (χ1v) is 7.72. The van der Waals surface area contributed by atoms with Crippen LogP contribution in [0.1, 0.15) is 16.7 Å². The van der Waals surface area contributed by atoms with Gasteiger partial charge in [-0.3, -0.25) is 0 Å². The number of rotatable bonds is 3. The largest absolute Gasteiger partial charge is 0.388 e. The van der Waals surface area contributed by atoms with Crippen molar-refractivity contribution in [3.05, 3.63) is 63.3 Å². The van der Waals surface area contributed by atoms with Crippen LogP contribution in [0.4, 0.5) is 4.39 Å². The Morgan fingerprint density at radius 3 is 2.80 bits per heavy atom. The molecule has 0 fully saturated rings. The Balaban J connectivity index is 1.86. The summed E-state index contributed by atoms with van der Waals surface area (Å²) >= 11 is 4.85. The minimum atomic E-state index is -0.703. The van der Waals surface area contributed by atoms with Gasteiger partial charge in [-0.2, -0.15) is 0 Å². The highest BCUT2D eigenvalue weighted by Crippen LogP contribution is 2.29. The highest BCUT2D eigenvalue weighted by molar-refractivity contribution is 9.10. The Kier molecular flexibility index (Phi) is 3.83. The molecule has 1 aromatic heterocycles. The van der Waals surface area contributed by atoms with Crippen LogP contribution >= 0.6 is 27.3 Å². The van der Waals surface area contributed by atoms with Gasteiger partial charge in [-0.05, 0) is 29.8 Å². The van der Waals surface area contributed by atoms with Gasteiger partial charge in [-0.25, -0.2) is 9.37 Å². The van der Waals surface area contributed by atoms with E-state index in [1.807, 2.05) is 24.3 Å². The van der Waals surface area contributed by atoms with Crippen LogP contribution in [0, 0.1) is 5.82 Å². The molecule has 0 aliphatic heterocycles. The summed E-state index contributed by atoms with van der Waals surface area (Å²) in [5.41, 5.74) is 1.61. The number of thiazole rings is 1. The molecule has 0 aliphatic carbocycles. The minimum Gasteiger partial charge on any atom is -0.388 e. The predicted molar refractivity (Wildman–Crippen MR) is 82.4 cm³/mol. The maximum absolute atomic E-state index is 13.1. The average molecular weight is 352 g/mol. The third-order valence-corrected chi connectivity index (χ3v) is 4.77. The lowest BCUT2D eigenvalue weighted by molar-refractivity contribution is 0.177. The van der Waals surface area contributed by atoms with E-state index in [2.05, 4.69) is 20.9 Å². The number of nitrogens with zero attached hydrogens (tertiary/aromatic N) is 1. The maximum Gasteiger partial charge on any atom is 0.124 e. The molecular weight excluding hydrogens is 341 g/mol. The molecule has 1 heterocycles. The molecule has 1 N–H and O–H groups in total. The van der Waals surface area contributed by atoms with Crippen molar-refractivity contribution in [3.8, 4) is 0 Å². The summed E-state index contributed by atoms with van der Waals surface area (Å²) < 4.78 is 14.7. The Bertz CT molecular complexity index is 725. The van der Waals surface area contributed by atoms with Gasteiger partial charge in [-0.1, -0.05) is 34.1 Å². The molecule has 0 saturated carbocycles. The zero-order valence-electron chi connectivity index (χ0n) is 10.4. The van der Waals surface area contributed by atoms with E-state index < -0.39 is 6.10 Å². The molecule has 3 rings (SSSR count). The molecule has 0 saturated heterocycles. The standard InChI is InChI=1S/C15H11BrFNOS/c16-11-7-9(17)5-6-10(11)13(19)8-15-18-12-3-1-2-4-14(12)20-15/h1-7,13,19H,8H2. The van der Waals surface area contributed by atoms with E-state index in [0.29, 0.717) is 16.5 Å². The Morgan fingerprint density at radius 1 is 1.25 bits per heavy atom. The number of fused-ring (bicyclic) bond motifs is 1. The van der Waals surface area contributed by atoms with E-state index >= 15 is 0 Å². The van der Waals surface area contributed by atoms with Crippen LogP contribution < -0.4 is 0 Å². The molecule has 0 aliphatic rings. The first-order chi connectivity index (χ1) is 9.63. The molecule has 0 radical (unpaired) electrons. The van der Waals surface area contributed by atoms with Crippen molar-refractivity contribution in [2.45, 2.75) is 12.5 Å². The van der Waals surface area contributed by atoms with Gasteiger partial charge in [-0.15, -0.1) is 11.3 Å². The zero-order valence-corrected chi connectivity index (χ0v) is 12.8. The number of halogens is 2. The lowest BCUT2D eigenvalue weighted by atomic mass is 10.1. The van der Waals surface area contributed by atoms with Crippen molar-refractivity contribution in [2.24, 2.45) is 0 Å². The topological polar surface area (TPSA) is 33.1 Å². The summed E-state index contributed by atoms with van der Waals surface area (Å²) in [4.78, 5) is 4.49. The van der Waals surface area contributed by atoms with Crippen molar-refractivity contribution >= 4 is 37.5 Å². The molecule has 5 heteroatoms. The average Bonchev–Trinajstić information content (AvgIpc) is 2.80. The summed E-state index contributed by atoms with van der Waals surface area (Å²) in [5, 5.41) is 11.2. The van der Waals surface area contributed by atoms with Crippen LogP contribution in [-0.2, 0) is 6.42 Å². The highest BCUT2D eigenvalue weighted by atomic mass is 79.9. The highest BCUT2D eigenvalue weighted by Gasteiger charge is 2.15. The lowest BCUT2D eigenvalue weighted by Crippen LogP contribution is -2.02. The number of para-hydroxylation sites is 1. The fraction of sp³-hybridized carbons (Fsp3) is 0.133. The van der Waals surface area contributed by atoms with Gasteiger partial charge in [0.1, 0.15) is 5.82 Å². The van der Waals surface area contributed by atoms with Crippen molar-refractivity contribution in [3.63, 3.8) is 0 Å². The third kappa shape index (κ3) is 2.75. The number of hydrogen-bond acceptors (Lipinski definition) is 3. The SMILES string of the molecule is OC(Cc1nc2ccccc2s1)c1ccc(F)cc1Br. The van der Waals surface area contributed by atoms with Gasteiger partial charge in [0.2, 0.25) is 0 Å². The molecule has 1 atom stereocenters. The zero-order chi connectivity index (χ0) is 14.1. The first-order valence-electron chi connectivity index (χ1n) is 6.11. The van der Waals surface area contributed by atoms with Gasteiger partial charge in [0, 0.05) is 10.9 Å². The van der Waals surface area contributed by atoms with Crippen LogP contribution in [0.2, 0.25) is 0 Å². The van der Waals surface area contributed by atoms with E-state index in [9.17, 15) is 9.50 Å². The molecule has 1 unspecified atom stereocenters. The molecule has 2 aromatic carbocycles. The van der Waals surface area contributed by atoms with Gasteiger partial charge >= 0.3 is 0 Å². The Morgan fingerprint density at radius 2 is 2.05 bits per heavy atom. The van der Waals surface area contributed by atoms with E-state index in [0.717, 1.165) is 15.2 Å². The number of aromatic nitrogens is 1. The second-order valence-electron chi connectivity index (χ2n) is 4.46. The fourth-order valence-electron chi connectivity index (χ4n) is 2.05. The summed E-state index contributed by atoms with van der Waals surface area (Å²) in [6.07, 6.45) is -0.283. The Hall–Kier alpha value is -1.30. The number of benzene rings is 2. The van der Waals surface area contributed by atoms with E-state index in [4.69, 9.17) is 0 Å². The molecule has 0 bridgehead atoms. The number of aliphatic hydroxyl groups excluding tert-OH is 1. The smallest absolute Gasteiger partial charge is 0.124 e. The van der Waals surface area contributed by atoms with Crippen molar-refractivity contribution in [2.75, 3.05) is 0 Å². The van der Waals surface area contributed by atoms with Gasteiger partial charge in [0.25, 0.3) is 0 Å². The quantitative estimate of drug-likeness (QED) is 0.754. The summed E-state index contributed by atoms with van der Waals surface area (Å²) in [6, 6.07) is 12.2. The van der Waals surface area contributed by atoms with Crippen LogP contribution in [0.3, 0.4) is 0 Å². The molecular formula is C15H11BrFNOS. The van der Waals surface area contributed by atoms with Gasteiger partial charge in [0.15, 0.2) is 0 Å². The predicted octanol–water partition coefficient (Wildman–Crippen LogP) is 4.47. The fourth-order valence-corrected chi connectivity index (χ4v) is 3.67. The van der Waals surface area contributed by atoms with E-state index in [1.165, 1.54) is 12.1 Å². The monoisotopic (exact) mass is 351 g/mol. The van der Waals surface area contributed by atoms with Crippen molar-refractivity contribution in [1.82, 2.24) is 4.98 Å². The third-order valence-electron chi connectivity index (χ3n) is 3.03. The second-order valence-corrected chi connectivity index (χ2v) is 6.43. The summed E-state index contributed by atoms with van der Waals surface area (Å²) in [7, 11) is 0. The molecule has 20 heavy (non-hydrogen) atoms. The van der Waals surface area contributed by atoms with Gasteiger partial charge < -0.3 is 5.11 Å². The number of hydrogen-bond donors (Lipinski definition) is 1. The van der Waals surface area contributed by atoms with Crippen LogP contribution in [0.5, 0.6) is 0 Å². The minimum absolute atomic E-state index is 0.326. The van der Waals surface area contributed by atoms with E-state index in [-0.39, 0.29) is 5.82 Å². The molecule has 102 valence electrons. The van der Waals surface area contributed by atoms with E-state index in [1.54, 1.807) is 17.4 Å². The molecule has 0 amide bonds. The second kappa shape index (κ2) is 5.60. The Labute approximate surface area is 128 Å². The number of aliphatic hydroxyl groups is 1. The summed E-state index contributed by atoms with van der Waals surface area (Å²) in [6.45, 7) is 0. The lowest BCUT2D eigenvalue weighted by Gasteiger charge is -2.11. The summed E-state index contributed by atoms with van der Waals surface area (Å²) in [5.74, 6) is -0.326. The van der Waals surface area contributed by atoms with Crippen LogP contribution in [-0.4, -0.2) is 10.1 Å². The van der Waals surface area contributed by atoms with Crippen LogP contribution in [0.15, 0.2) is 46.9 Å². The molecule has 0 spiro atoms. The van der Waals surface area contributed by atoms with Crippen LogP contribution in [0.25, 0.3) is 10.2 Å². The normalized spacial score (nSPS) is 12.8. The molecule has 3 aromatic rings. The van der Waals surface area contributed by atoms with Crippen molar-refractivity contribution in [1.29, 1.82) is 0 Å².